The topological polar surface area (TPSA) is 88.6 Å². The number of nitrogens with zero attached hydrogens (tertiary/aromatic N) is 2. The second-order valence-corrected chi connectivity index (χ2v) is 9.90. The molecule has 1 amide bonds. The van der Waals surface area contributed by atoms with E-state index in [4.69, 9.17) is 16.3 Å². The zero-order valence-electron chi connectivity index (χ0n) is 15.5. The van der Waals surface area contributed by atoms with E-state index in [-0.39, 0.29) is 28.6 Å². The zero-order valence-corrected chi connectivity index (χ0v) is 17.9. The average Bonchev–Trinajstić information content (AvgIpc) is 3.12. The summed E-state index contributed by atoms with van der Waals surface area (Å²) in [5.74, 6) is -0.447. The minimum Gasteiger partial charge on any atom is -0.379 e. The first-order valence-electron chi connectivity index (χ1n) is 8.91. The number of amides is 1. The predicted molar refractivity (Wildman–Crippen MR) is 113 cm³/mol. The Morgan fingerprint density at radius 3 is 2.72 bits per heavy atom. The van der Waals surface area contributed by atoms with Crippen LogP contribution in [0.3, 0.4) is 0 Å². The van der Waals surface area contributed by atoms with Crippen LogP contribution >= 0.6 is 22.9 Å². The van der Waals surface area contributed by atoms with Crippen LogP contribution in [-0.4, -0.2) is 49.9 Å². The highest BCUT2D eigenvalue weighted by Crippen LogP contribution is 2.30. The van der Waals surface area contributed by atoms with Gasteiger partial charge in [0.2, 0.25) is 10.0 Å². The SMILES string of the molecule is Cc1cccc2sc(NC(=O)c3ccc(Cl)c(S(=O)(=O)N4CCOCC4)c3)nc12. The number of thiazole rings is 1. The molecule has 0 unspecified atom stereocenters. The summed E-state index contributed by atoms with van der Waals surface area (Å²) in [5.41, 5.74) is 2.04. The number of morpholine rings is 1. The van der Waals surface area contributed by atoms with Crippen molar-refractivity contribution >= 4 is 54.2 Å². The number of anilines is 1. The fraction of sp³-hybridized carbons (Fsp3) is 0.263. The molecule has 0 radical (unpaired) electrons. The number of benzene rings is 2. The molecule has 152 valence electrons. The van der Waals surface area contributed by atoms with Crippen molar-refractivity contribution in [1.82, 2.24) is 9.29 Å². The van der Waals surface area contributed by atoms with Gasteiger partial charge in [0.25, 0.3) is 5.91 Å². The third-order valence-electron chi connectivity index (χ3n) is 4.62. The van der Waals surface area contributed by atoms with E-state index in [1.54, 1.807) is 0 Å². The van der Waals surface area contributed by atoms with Gasteiger partial charge >= 0.3 is 0 Å². The highest BCUT2D eigenvalue weighted by atomic mass is 35.5. The molecule has 2 aromatic carbocycles. The van der Waals surface area contributed by atoms with Crippen LogP contribution < -0.4 is 5.32 Å². The normalized spacial score (nSPS) is 15.5. The molecular weight excluding hydrogens is 434 g/mol. The Morgan fingerprint density at radius 2 is 2.00 bits per heavy atom. The lowest BCUT2D eigenvalue weighted by atomic mass is 10.2. The third kappa shape index (κ3) is 4.01. The second kappa shape index (κ2) is 8.00. The van der Waals surface area contributed by atoms with Gasteiger partial charge in [0, 0.05) is 18.7 Å². The summed E-state index contributed by atoms with van der Waals surface area (Å²) in [6.45, 7) is 3.11. The van der Waals surface area contributed by atoms with Crippen LogP contribution in [0.15, 0.2) is 41.3 Å². The first-order valence-corrected chi connectivity index (χ1v) is 11.5. The molecule has 1 saturated heterocycles. The molecule has 0 atom stereocenters. The number of sulfonamides is 1. The first kappa shape index (κ1) is 20.2. The molecule has 0 spiro atoms. The fourth-order valence-electron chi connectivity index (χ4n) is 3.08. The summed E-state index contributed by atoms with van der Waals surface area (Å²) in [5, 5.41) is 3.27. The highest BCUT2D eigenvalue weighted by Gasteiger charge is 2.29. The quantitative estimate of drug-likeness (QED) is 0.655. The Balaban J connectivity index is 1.62. The number of aromatic nitrogens is 1. The largest absolute Gasteiger partial charge is 0.379 e. The summed E-state index contributed by atoms with van der Waals surface area (Å²) in [4.78, 5) is 17.1. The fourth-order valence-corrected chi connectivity index (χ4v) is 5.92. The minimum absolute atomic E-state index is 0.0728. The van der Waals surface area contributed by atoms with E-state index in [0.29, 0.717) is 18.3 Å². The lowest BCUT2D eigenvalue weighted by Gasteiger charge is -2.26. The number of carbonyl (C=O) groups is 1. The van der Waals surface area contributed by atoms with Crippen LogP contribution in [0.25, 0.3) is 10.2 Å². The second-order valence-electron chi connectivity index (χ2n) is 6.56. The molecular formula is C19H18ClN3O4S2. The number of hydrogen-bond donors (Lipinski definition) is 1. The number of rotatable bonds is 4. The predicted octanol–water partition coefficient (Wildman–Crippen LogP) is 3.53. The molecule has 0 bridgehead atoms. The molecule has 3 aromatic rings. The number of aryl methyl sites for hydroxylation is 1. The maximum atomic E-state index is 12.9. The van der Waals surface area contributed by atoms with Crippen molar-refractivity contribution < 1.29 is 17.9 Å². The first-order chi connectivity index (χ1) is 13.9. The Morgan fingerprint density at radius 1 is 1.24 bits per heavy atom. The lowest BCUT2D eigenvalue weighted by molar-refractivity contribution is 0.0730. The van der Waals surface area contributed by atoms with Gasteiger partial charge in [0.15, 0.2) is 5.13 Å². The third-order valence-corrected chi connectivity index (χ3v) is 7.94. The van der Waals surface area contributed by atoms with Gasteiger partial charge in [-0.2, -0.15) is 4.31 Å². The molecule has 7 nitrogen and oxygen atoms in total. The van der Waals surface area contributed by atoms with Gasteiger partial charge in [-0.15, -0.1) is 0 Å². The monoisotopic (exact) mass is 451 g/mol. The van der Waals surface area contributed by atoms with Gasteiger partial charge in [0.05, 0.1) is 28.5 Å². The van der Waals surface area contributed by atoms with Gasteiger partial charge < -0.3 is 4.74 Å². The molecule has 1 fully saturated rings. The molecule has 29 heavy (non-hydrogen) atoms. The number of fused-ring (bicyclic) bond motifs is 1. The Kier molecular flexibility index (Phi) is 5.58. The number of hydrogen-bond acceptors (Lipinski definition) is 6. The van der Waals surface area contributed by atoms with E-state index in [1.165, 1.54) is 33.8 Å². The lowest BCUT2D eigenvalue weighted by Crippen LogP contribution is -2.40. The van der Waals surface area contributed by atoms with Crippen molar-refractivity contribution in [2.45, 2.75) is 11.8 Å². The number of nitrogens with one attached hydrogen (secondary N) is 1. The Labute approximate surface area is 177 Å². The molecule has 1 aliphatic heterocycles. The zero-order chi connectivity index (χ0) is 20.6. The van der Waals surface area contributed by atoms with E-state index in [1.807, 2.05) is 25.1 Å². The summed E-state index contributed by atoms with van der Waals surface area (Å²) in [6, 6.07) is 10.0. The highest BCUT2D eigenvalue weighted by molar-refractivity contribution is 7.89. The summed E-state index contributed by atoms with van der Waals surface area (Å²) >= 11 is 7.52. The Hall–Kier alpha value is -2.04. The van der Waals surface area contributed by atoms with E-state index in [0.717, 1.165) is 15.8 Å². The van der Waals surface area contributed by atoms with E-state index < -0.39 is 15.9 Å². The van der Waals surface area contributed by atoms with Crippen LogP contribution in [0.1, 0.15) is 15.9 Å². The van der Waals surface area contributed by atoms with E-state index in [9.17, 15) is 13.2 Å². The number of para-hydroxylation sites is 1. The van der Waals surface area contributed by atoms with Crippen molar-refractivity contribution in [3.8, 4) is 0 Å². The van der Waals surface area contributed by atoms with Crippen molar-refractivity contribution in [1.29, 1.82) is 0 Å². The maximum Gasteiger partial charge on any atom is 0.257 e. The van der Waals surface area contributed by atoms with Crippen LogP contribution in [0.4, 0.5) is 5.13 Å². The molecule has 10 heteroatoms. The van der Waals surface area contributed by atoms with Crippen molar-refractivity contribution in [2.75, 3.05) is 31.6 Å². The maximum absolute atomic E-state index is 12.9. The van der Waals surface area contributed by atoms with Crippen LogP contribution in [0.5, 0.6) is 0 Å². The smallest absolute Gasteiger partial charge is 0.257 e. The Bertz CT molecular complexity index is 1190. The van der Waals surface area contributed by atoms with Gasteiger partial charge in [0.1, 0.15) is 4.90 Å². The number of halogens is 1. The molecule has 1 aliphatic rings. The molecule has 1 N–H and O–H groups in total. The van der Waals surface area contributed by atoms with Gasteiger partial charge in [-0.25, -0.2) is 13.4 Å². The van der Waals surface area contributed by atoms with Crippen molar-refractivity contribution in [3.63, 3.8) is 0 Å². The van der Waals surface area contributed by atoms with Crippen molar-refractivity contribution in [3.05, 3.63) is 52.5 Å². The molecule has 0 aliphatic carbocycles. The number of ether oxygens (including phenoxy) is 1. The number of carbonyl (C=O) groups excluding carboxylic acids is 1. The van der Waals surface area contributed by atoms with Gasteiger partial charge in [-0.3, -0.25) is 10.1 Å². The molecule has 0 saturated carbocycles. The summed E-state index contributed by atoms with van der Waals surface area (Å²) in [6.07, 6.45) is 0. The van der Waals surface area contributed by atoms with Crippen molar-refractivity contribution in [2.24, 2.45) is 0 Å². The van der Waals surface area contributed by atoms with Gasteiger partial charge in [-0.1, -0.05) is 35.1 Å². The van der Waals surface area contributed by atoms with Crippen LogP contribution in [0, 0.1) is 6.92 Å². The molecule has 2 heterocycles. The molecule has 1 aromatic heterocycles. The van der Waals surface area contributed by atoms with Gasteiger partial charge in [-0.05, 0) is 36.8 Å². The molecule has 4 rings (SSSR count). The summed E-state index contributed by atoms with van der Waals surface area (Å²) < 4.78 is 33.4. The van der Waals surface area contributed by atoms with E-state index >= 15 is 0 Å². The van der Waals surface area contributed by atoms with Crippen LogP contribution in [-0.2, 0) is 14.8 Å². The average molecular weight is 452 g/mol. The standard InChI is InChI=1S/C19H18ClN3O4S2/c1-12-3-2-4-15-17(12)21-19(28-15)22-18(24)13-5-6-14(20)16(11-13)29(25,26)23-7-9-27-10-8-23/h2-6,11H,7-10H2,1H3,(H,21,22,24). The minimum atomic E-state index is -3.82. The van der Waals surface area contributed by atoms with Crippen LogP contribution in [0.2, 0.25) is 5.02 Å². The van der Waals surface area contributed by atoms with E-state index in [2.05, 4.69) is 10.3 Å². The summed E-state index contributed by atoms with van der Waals surface area (Å²) in [7, 11) is -3.82.